The minimum atomic E-state index is -0.367. The van der Waals surface area contributed by atoms with E-state index in [1.165, 1.54) is 12.1 Å². The highest BCUT2D eigenvalue weighted by Gasteiger charge is 2.14. The number of thiophene rings is 1. The Morgan fingerprint density at radius 2 is 2.10 bits per heavy atom. The minimum Gasteiger partial charge on any atom is -0.437 e. The van der Waals surface area contributed by atoms with Crippen molar-refractivity contribution in [2.24, 2.45) is 0 Å². The molecular formula is C14H11BrFN3OS. The molecule has 0 amide bonds. The van der Waals surface area contributed by atoms with E-state index >= 15 is 0 Å². The van der Waals surface area contributed by atoms with Gasteiger partial charge in [-0.15, -0.1) is 11.3 Å². The molecule has 4 nitrogen and oxygen atoms in total. The number of benzene rings is 1. The number of fused-ring (bicyclic) bond motifs is 1. The second kappa shape index (κ2) is 5.57. The van der Waals surface area contributed by atoms with E-state index in [1.54, 1.807) is 24.5 Å². The molecule has 3 aromatic rings. The summed E-state index contributed by atoms with van der Waals surface area (Å²) in [4.78, 5) is 10.6. The van der Waals surface area contributed by atoms with Crippen molar-refractivity contribution in [2.75, 3.05) is 12.4 Å². The topological polar surface area (TPSA) is 47.0 Å². The van der Waals surface area contributed by atoms with Gasteiger partial charge in [0.25, 0.3) is 0 Å². The molecule has 2 aromatic heterocycles. The SMILES string of the molecule is CNc1nc(Oc2cc(F)ccc2Br)c2cc(C)sc2n1. The zero-order chi connectivity index (χ0) is 15.0. The number of anilines is 1. The van der Waals surface area contributed by atoms with Crippen LogP contribution < -0.4 is 10.1 Å². The lowest BCUT2D eigenvalue weighted by atomic mass is 10.3. The number of nitrogens with one attached hydrogen (secondary N) is 1. The summed E-state index contributed by atoms with van der Waals surface area (Å²) in [5.41, 5.74) is 0. The third-order valence-corrected chi connectivity index (χ3v) is 4.40. The quantitative estimate of drug-likeness (QED) is 0.726. The van der Waals surface area contributed by atoms with E-state index in [9.17, 15) is 4.39 Å². The first-order valence-corrected chi connectivity index (χ1v) is 7.76. The van der Waals surface area contributed by atoms with Gasteiger partial charge in [-0.25, -0.2) is 9.37 Å². The molecule has 0 aliphatic heterocycles. The third-order valence-electron chi connectivity index (χ3n) is 2.80. The summed E-state index contributed by atoms with van der Waals surface area (Å²) in [6.07, 6.45) is 0. The first-order chi connectivity index (χ1) is 10.1. The fraction of sp³-hybridized carbons (Fsp3) is 0.143. The Labute approximate surface area is 133 Å². The molecule has 2 heterocycles. The van der Waals surface area contributed by atoms with E-state index in [1.807, 2.05) is 13.0 Å². The van der Waals surface area contributed by atoms with Gasteiger partial charge >= 0.3 is 0 Å². The average molecular weight is 368 g/mol. The van der Waals surface area contributed by atoms with Crippen LogP contribution in [0.15, 0.2) is 28.7 Å². The maximum atomic E-state index is 13.4. The molecule has 0 spiro atoms. The number of nitrogens with zero attached hydrogens (tertiary/aromatic N) is 2. The van der Waals surface area contributed by atoms with Crippen LogP contribution in [0, 0.1) is 12.7 Å². The molecule has 0 atom stereocenters. The van der Waals surface area contributed by atoms with Crippen molar-refractivity contribution < 1.29 is 9.13 Å². The predicted molar refractivity (Wildman–Crippen MR) is 85.9 cm³/mol. The summed E-state index contributed by atoms with van der Waals surface area (Å²) in [7, 11) is 1.74. The molecule has 0 saturated heterocycles. The van der Waals surface area contributed by atoms with Crippen molar-refractivity contribution in [3.05, 3.63) is 39.4 Å². The van der Waals surface area contributed by atoms with E-state index in [-0.39, 0.29) is 5.82 Å². The summed E-state index contributed by atoms with van der Waals surface area (Å²) >= 11 is 4.90. The molecular weight excluding hydrogens is 357 g/mol. The molecule has 21 heavy (non-hydrogen) atoms. The third kappa shape index (κ3) is 2.84. The van der Waals surface area contributed by atoms with Crippen LogP contribution in [0.5, 0.6) is 11.6 Å². The van der Waals surface area contributed by atoms with E-state index in [0.29, 0.717) is 22.1 Å². The lowest BCUT2D eigenvalue weighted by Gasteiger charge is -2.09. The highest BCUT2D eigenvalue weighted by Crippen LogP contribution is 2.36. The van der Waals surface area contributed by atoms with Crippen LogP contribution in [-0.2, 0) is 0 Å². The molecule has 0 aliphatic rings. The van der Waals surface area contributed by atoms with Crippen molar-refractivity contribution in [1.82, 2.24) is 9.97 Å². The summed E-state index contributed by atoms with van der Waals surface area (Å²) < 4.78 is 19.8. The number of ether oxygens (including phenoxy) is 1. The highest BCUT2D eigenvalue weighted by atomic mass is 79.9. The molecule has 0 saturated carbocycles. The molecule has 0 bridgehead atoms. The second-order valence-corrected chi connectivity index (χ2v) is 6.44. The normalized spacial score (nSPS) is 10.9. The number of halogens is 2. The maximum absolute atomic E-state index is 13.4. The van der Waals surface area contributed by atoms with Gasteiger partial charge in [0, 0.05) is 18.0 Å². The molecule has 108 valence electrons. The number of aryl methyl sites for hydroxylation is 1. The van der Waals surface area contributed by atoms with Gasteiger partial charge in [0.05, 0.1) is 9.86 Å². The van der Waals surface area contributed by atoms with Gasteiger partial charge in [-0.05, 0) is 41.1 Å². The van der Waals surface area contributed by atoms with E-state index in [2.05, 4.69) is 31.2 Å². The Morgan fingerprint density at radius 1 is 1.29 bits per heavy atom. The molecule has 3 rings (SSSR count). The number of aromatic nitrogens is 2. The Bertz CT molecular complexity index is 821. The maximum Gasteiger partial charge on any atom is 0.232 e. The van der Waals surface area contributed by atoms with Crippen LogP contribution >= 0.6 is 27.3 Å². The Kier molecular flexibility index (Phi) is 3.77. The fourth-order valence-electron chi connectivity index (χ4n) is 1.86. The predicted octanol–water partition coefficient (Wildman–Crippen LogP) is 4.74. The zero-order valence-electron chi connectivity index (χ0n) is 11.3. The standard InChI is InChI=1S/C14H11BrFN3OS/c1-7-5-9-12(18-14(17-2)19-13(9)21-7)20-11-6-8(16)3-4-10(11)15/h3-6H,1-2H3,(H,17,18,19). The number of hydrogen-bond donors (Lipinski definition) is 1. The lowest BCUT2D eigenvalue weighted by Crippen LogP contribution is -1.98. The van der Waals surface area contributed by atoms with Gasteiger partial charge in [-0.1, -0.05) is 0 Å². The Balaban J connectivity index is 2.12. The Hall–Kier alpha value is -1.73. The lowest BCUT2D eigenvalue weighted by molar-refractivity contribution is 0.461. The molecule has 1 N–H and O–H groups in total. The van der Waals surface area contributed by atoms with Crippen molar-refractivity contribution in [3.8, 4) is 11.6 Å². The zero-order valence-corrected chi connectivity index (χ0v) is 13.7. The summed E-state index contributed by atoms with van der Waals surface area (Å²) in [5.74, 6) is 0.877. The van der Waals surface area contributed by atoms with Gasteiger partial charge < -0.3 is 10.1 Å². The fourth-order valence-corrected chi connectivity index (χ4v) is 3.06. The molecule has 0 aliphatic carbocycles. The molecule has 0 unspecified atom stereocenters. The van der Waals surface area contributed by atoms with Crippen molar-refractivity contribution in [2.45, 2.75) is 6.92 Å². The van der Waals surface area contributed by atoms with Crippen LogP contribution in [0.3, 0.4) is 0 Å². The van der Waals surface area contributed by atoms with Gasteiger partial charge in [-0.3, -0.25) is 0 Å². The van der Waals surface area contributed by atoms with Crippen molar-refractivity contribution in [3.63, 3.8) is 0 Å². The minimum absolute atomic E-state index is 0.367. The smallest absolute Gasteiger partial charge is 0.232 e. The van der Waals surface area contributed by atoms with E-state index < -0.39 is 0 Å². The molecule has 0 fully saturated rings. The Morgan fingerprint density at radius 3 is 2.86 bits per heavy atom. The second-order valence-electron chi connectivity index (χ2n) is 4.36. The van der Waals surface area contributed by atoms with E-state index in [0.717, 1.165) is 15.1 Å². The van der Waals surface area contributed by atoms with Crippen molar-refractivity contribution >= 4 is 43.4 Å². The summed E-state index contributed by atoms with van der Waals surface area (Å²) in [6.45, 7) is 1.99. The van der Waals surface area contributed by atoms with E-state index in [4.69, 9.17) is 4.74 Å². The first kappa shape index (κ1) is 14.2. The largest absolute Gasteiger partial charge is 0.437 e. The molecule has 0 radical (unpaired) electrons. The summed E-state index contributed by atoms with van der Waals surface area (Å²) in [6, 6.07) is 6.24. The van der Waals surface area contributed by atoms with Crippen molar-refractivity contribution in [1.29, 1.82) is 0 Å². The average Bonchev–Trinajstić information content (AvgIpc) is 2.83. The van der Waals surface area contributed by atoms with Crippen LogP contribution in [0.2, 0.25) is 0 Å². The van der Waals surface area contributed by atoms with Gasteiger partial charge in [-0.2, -0.15) is 4.98 Å². The molecule has 1 aromatic carbocycles. The van der Waals surface area contributed by atoms with Gasteiger partial charge in [0.1, 0.15) is 16.4 Å². The van der Waals surface area contributed by atoms with Crippen LogP contribution in [0.1, 0.15) is 4.88 Å². The van der Waals surface area contributed by atoms with Crippen LogP contribution in [-0.4, -0.2) is 17.0 Å². The number of rotatable bonds is 3. The molecule has 7 heteroatoms. The monoisotopic (exact) mass is 367 g/mol. The van der Waals surface area contributed by atoms with Gasteiger partial charge in [0.2, 0.25) is 11.8 Å². The van der Waals surface area contributed by atoms with Gasteiger partial charge in [0.15, 0.2) is 0 Å². The summed E-state index contributed by atoms with van der Waals surface area (Å²) in [5, 5.41) is 3.71. The first-order valence-electron chi connectivity index (χ1n) is 6.15. The van der Waals surface area contributed by atoms with Crippen LogP contribution in [0.4, 0.5) is 10.3 Å². The highest BCUT2D eigenvalue weighted by molar-refractivity contribution is 9.10. The van der Waals surface area contributed by atoms with Crippen LogP contribution in [0.25, 0.3) is 10.2 Å². The number of hydrogen-bond acceptors (Lipinski definition) is 5.